The van der Waals surface area contributed by atoms with Gasteiger partial charge in [-0.2, -0.15) is 10.2 Å². The number of benzene rings is 2. The van der Waals surface area contributed by atoms with E-state index in [0.29, 0.717) is 31.1 Å². The van der Waals surface area contributed by atoms with Crippen LogP contribution < -0.4 is 11.7 Å². The smallest absolute Gasteiger partial charge is 0.339 e. The van der Waals surface area contributed by atoms with E-state index in [9.17, 15) is 4.79 Å². The minimum absolute atomic E-state index is 0.262. The number of aromatic nitrogens is 1. The molecule has 0 aliphatic heterocycles. The molecule has 0 atom stereocenters. The van der Waals surface area contributed by atoms with Gasteiger partial charge in [-0.15, -0.1) is 0 Å². The summed E-state index contributed by atoms with van der Waals surface area (Å²) in [6, 6.07) is 15.9. The monoisotopic (exact) mass is 429 g/mol. The summed E-state index contributed by atoms with van der Waals surface area (Å²) in [5, 5.41) is 7.14. The quantitative estimate of drug-likeness (QED) is 0.235. The van der Waals surface area contributed by atoms with Crippen LogP contribution in [-0.2, 0) is 17.7 Å². The standard InChI is InChI=1S/C25H27N5O2/c26-28-12-19-6-4-18(5-7-19)11-23-15-30(14-22-3-1-2-21(10-22)13-29-27)16-24(23)25(31)32-17-20-8-9-20/h1-7,10,12-13,15-16,20H,8-9,11,14,17,26-27H2. The van der Waals surface area contributed by atoms with E-state index in [1.54, 1.807) is 12.4 Å². The van der Waals surface area contributed by atoms with Crippen molar-refractivity contribution in [3.05, 3.63) is 94.3 Å². The molecule has 0 radical (unpaired) electrons. The highest BCUT2D eigenvalue weighted by atomic mass is 16.5. The van der Waals surface area contributed by atoms with Gasteiger partial charge in [0.15, 0.2) is 0 Å². The van der Waals surface area contributed by atoms with E-state index in [2.05, 4.69) is 10.2 Å². The zero-order valence-electron chi connectivity index (χ0n) is 17.9. The average molecular weight is 430 g/mol. The molecule has 1 aromatic heterocycles. The fraction of sp³-hybridized carbons (Fsp3) is 0.240. The molecule has 1 saturated carbocycles. The highest BCUT2D eigenvalue weighted by molar-refractivity contribution is 5.91. The molecular weight excluding hydrogens is 402 g/mol. The Kier molecular flexibility index (Phi) is 6.65. The Morgan fingerprint density at radius 3 is 2.47 bits per heavy atom. The lowest BCUT2D eigenvalue weighted by molar-refractivity contribution is 0.0485. The number of esters is 1. The number of rotatable bonds is 9. The van der Waals surface area contributed by atoms with Crippen LogP contribution in [0.2, 0.25) is 0 Å². The molecule has 164 valence electrons. The number of carbonyl (C=O) groups is 1. The van der Waals surface area contributed by atoms with Gasteiger partial charge in [0.2, 0.25) is 0 Å². The predicted octanol–water partition coefficient (Wildman–Crippen LogP) is 3.28. The van der Waals surface area contributed by atoms with E-state index in [-0.39, 0.29) is 5.97 Å². The summed E-state index contributed by atoms with van der Waals surface area (Å²) in [5.41, 5.74) is 5.59. The Bertz CT molecular complexity index is 1130. The van der Waals surface area contributed by atoms with Crippen LogP contribution in [0.15, 0.2) is 71.1 Å². The van der Waals surface area contributed by atoms with Crippen LogP contribution in [0, 0.1) is 5.92 Å². The molecule has 32 heavy (non-hydrogen) atoms. The van der Waals surface area contributed by atoms with Gasteiger partial charge in [-0.3, -0.25) is 0 Å². The normalized spacial score (nSPS) is 13.8. The van der Waals surface area contributed by atoms with Gasteiger partial charge in [0.05, 0.1) is 24.6 Å². The number of ether oxygens (including phenoxy) is 1. The van der Waals surface area contributed by atoms with Gasteiger partial charge < -0.3 is 21.0 Å². The SMILES string of the molecule is NN=Cc1ccc(Cc2cn(Cc3cccc(C=NN)c3)cc2C(=O)OCC2CC2)cc1. The van der Waals surface area contributed by atoms with Crippen molar-refractivity contribution < 1.29 is 9.53 Å². The van der Waals surface area contributed by atoms with Crippen LogP contribution in [0.3, 0.4) is 0 Å². The van der Waals surface area contributed by atoms with Gasteiger partial charge in [-0.25, -0.2) is 4.79 Å². The molecule has 7 heteroatoms. The topological polar surface area (TPSA) is 108 Å². The Hall–Kier alpha value is -3.87. The fourth-order valence-electron chi connectivity index (χ4n) is 3.62. The number of hydrogen-bond donors (Lipinski definition) is 2. The van der Waals surface area contributed by atoms with Crippen LogP contribution in [0.4, 0.5) is 0 Å². The second-order valence-corrected chi connectivity index (χ2v) is 8.13. The molecule has 1 aliphatic carbocycles. The van der Waals surface area contributed by atoms with Crippen molar-refractivity contribution in [2.45, 2.75) is 25.8 Å². The highest BCUT2D eigenvalue weighted by Crippen LogP contribution is 2.29. The van der Waals surface area contributed by atoms with Crippen LogP contribution in [0.1, 0.15) is 51.0 Å². The summed E-state index contributed by atoms with van der Waals surface area (Å²) < 4.78 is 7.61. The maximum absolute atomic E-state index is 12.8. The Balaban J connectivity index is 1.57. The van der Waals surface area contributed by atoms with Crippen LogP contribution in [-0.4, -0.2) is 29.6 Å². The predicted molar refractivity (Wildman–Crippen MR) is 126 cm³/mol. The van der Waals surface area contributed by atoms with Crippen molar-refractivity contribution in [1.82, 2.24) is 4.57 Å². The maximum atomic E-state index is 12.8. The van der Waals surface area contributed by atoms with Crippen molar-refractivity contribution in [3.8, 4) is 0 Å². The Morgan fingerprint density at radius 2 is 1.75 bits per heavy atom. The van der Waals surface area contributed by atoms with Gasteiger partial charge in [0.25, 0.3) is 0 Å². The summed E-state index contributed by atoms with van der Waals surface area (Å²) in [6.45, 7) is 1.12. The average Bonchev–Trinajstić information content (AvgIpc) is 3.54. The molecule has 1 fully saturated rings. The fourth-order valence-corrected chi connectivity index (χ4v) is 3.62. The molecule has 4 rings (SSSR count). The number of nitrogens with zero attached hydrogens (tertiary/aromatic N) is 3. The van der Waals surface area contributed by atoms with Gasteiger partial charge in [0.1, 0.15) is 0 Å². The van der Waals surface area contributed by atoms with Crippen LogP contribution in [0.5, 0.6) is 0 Å². The van der Waals surface area contributed by atoms with Crippen molar-refractivity contribution >= 4 is 18.4 Å². The first kappa shape index (κ1) is 21.4. The Morgan fingerprint density at radius 1 is 1.00 bits per heavy atom. The zero-order chi connectivity index (χ0) is 22.3. The first-order chi connectivity index (χ1) is 15.6. The van der Waals surface area contributed by atoms with Gasteiger partial charge in [-0.05, 0) is 59.1 Å². The molecule has 1 aliphatic rings. The second-order valence-electron chi connectivity index (χ2n) is 8.13. The van der Waals surface area contributed by atoms with Crippen LogP contribution >= 0.6 is 0 Å². The molecule has 0 unspecified atom stereocenters. The minimum Gasteiger partial charge on any atom is -0.462 e. The third-order valence-electron chi connectivity index (χ3n) is 5.47. The van der Waals surface area contributed by atoms with Gasteiger partial charge in [-0.1, -0.05) is 42.5 Å². The van der Waals surface area contributed by atoms with Crippen molar-refractivity contribution in [2.75, 3.05) is 6.61 Å². The summed E-state index contributed by atoms with van der Waals surface area (Å²) in [4.78, 5) is 12.8. The van der Waals surface area contributed by atoms with E-state index in [1.807, 2.05) is 65.5 Å². The first-order valence-corrected chi connectivity index (χ1v) is 10.6. The highest BCUT2D eigenvalue weighted by Gasteiger charge is 2.24. The summed E-state index contributed by atoms with van der Waals surface area (Å²) in [6.07, 6.45) is 10.0. The van der Waals surface area contributed by atoms with Crippen LogP contribution in [0.25, 0.3) is 0 Å². The first-order valence-electron chi connectivity index (χ1n) is 10.6. The van der Waals surface area contributed by atoms with Gasteiger partial charge >= 0.3 is 5.97 Å². The number of hydrazone groups is 2. The molecule has 7 nitrogen and oxygen atoms in total. The lowest BCUT2D eigenvalue weighted by Gasteiger charge is -2.05. The van der Waals surface area contributed by atoms with E-state index in [4.69, 9.17) is 16.4 Å². The van der Waals surface area contributed by atoms with Crippen molar-refractivity contribution in [3.63, 3.8) is 0 Å². The van der Waals surface area contributed by atoms with Crippen molar-refractivity contribution in [2.24, 2.45) is 27.8 Å². The van der Waals surface area contributed by atoms with E-state index < -0.39 is 0 Å². The number of nitrogens with two attached hydrogens (primary N) is 2. The third kappa shape index (κ3) is 5.63. The molecule has 3 aromatic rings. The lowest BCUT2D eigenvalue weighted by atomic mass is 10.0. The molecule has 0 spiro atoms. The molecule has 2 aromatic carbocycles. The van der Waals surface area contributed by atoms with Crippen molar-refractivity contribution in [1.29, 1.82) is 0 Å². The van der Waals surface area contributed by atoms with Gasteiger partial charge in [0, 0.05) is 18.9 Å². The molecule has 1 heterocycles. The second kappa shape index (κ2) is 9.96. The zero-order valence-corrected chi connectivity index (χ0v) is 17.9. The number of hydrogen-bond acceptors (Lipinski definition) is 6. The number of carbonyl (C=O) groups excluding carboxylic acids is 1. The molecule has 4 N–H and O–H groups in total. The largest absolute Gasteiger partial charge is 0.462 e. The lowest BCUT2D eigenvalue weighted by Crippen LogP contribution is -2.09. The summed E-state index contributed by atoms with van der Waals surface area (Å²) in [5.74, 6) is 10.8. The van der Waals surface area contributed by atoms with E-state index >= 15 is 0 Å². The molecule has 0 bridgehead atoms. The maximum Gasteiger partial charge on any atom is 0.339 e. The Labute approximate surface area is 187 Å². The van der Waals surface area contributed by atoms with E-state index in [0.717, 1.165) is 40.7 Å². The third-order valence-corrected chi connectivity index (χ3v) is 5.47. The minimum atomic E-state index is -0.262. The summed E-state index contributed by atoms with van der Waals surface area (Å²) in [7, 11) is 0. The molecule has 0 saturated heterocycles. The summed E-state index contributed by atoms with van der Waals surface area (Å²) >= 11 is 0. The molecule has 0 amide bonds. The van der Waals surface area contributed by atoms with E-state index in [1.165, 1.54) is 0 Å². The molecular formula is C25H27N5O2.